The van der Waals surface area contributed by atoms with Crippen LogP contribution in [0.1, 0.15) is 5.56 Å². The Morgan fingerprint density at radius 1 is 1.00 bits per heavy atom. The molecule has 0 spiro atoms. The van der Waals surface area contributed by atoms with E-state index in [1.165, 1.54) is 17.8 Å². The largest absolute Gasteiger partial charge is 0.273 e. The molecule has 0 atom stereocenters. The van der Waals surface area contributed by atoms with Gasteiger partial charge < -0.3 is 0 Å². The standard InChI is InChI=1S/C16H12N2O2S/c19-18(20)15-8-4-2-6-13(15)11-21-16-10-9-12-5-1-3-7-14(12)17-16/h1-10H,11H2. The van der Waals surface area contributed by atoms with Crippen LogP contribution in [0.4, 0.5) is 5.69 Å². The van der Waals surface area contributed by atoms with Crippen molar-refractivity contribution in [3.8, 4) is 0 Å². The molecule has 0 aliphatic carbocycles. The highest BCUT2D eigenvalue weighted by molar-refractivity contribution is 7.98. The van der Waals surface area contributed by atoms with Gasteiger partial charge >= 0.3 is 0 Å². The normalized spacial score (nSPS) is 10.7. The van der Waals surface area contributed by atoms with Crippen molar-refractivity contribution in [2.45, 2.75) is 10.8 Å². The van der Waals surface area contributed by atoms with Crippen LogP contribution >= 0.6 is 11.8 Å². The van der Waals surface area contributed by atoms with E-state index in [-0.39, 0.29) is 10.6 Å². The molecular formula is C16H12N2O2S. The van der Waals surface area contributed by atoms with Gasteiger partial charge in [-0.1, -0.05) is 42.5 Å². The van der Waals surface area contributed by atoms with Gasteiger partial charge in [0.2, 0.25) is 0 Å². The van der Waals surface area contributed by atoms with E-state index < -0.39 is 0 Å². The first-order valence-corrected chi connectivity index (χ1v) is 7.43. The van der Waals surface area contributed by atoms with Crippen LogP contribution in [0.2, 0.25) is 0 Å². The van der Waals surface area contributed by atoms with Crippen LogP contribution in [-0.4, -0.2) is 9.91 Å². The first-order chi connectivity index (χ1) is 10.2. The summed E-state index contributed by atoms with van der Waals surface area (Å²) in [6, 6.07) is 18.7. The van der Waals surface area contributed by atoms with E-state index in [1.54, 1.807) is 12.1 Å². The summed E-state index contributed by atoms with van der Waals surface area (Å²) in [4.78, 5) is 15.2. The molecule has 0 saturated carbocycles. The number of hydrogen-bond acceptors (Lipinski definition) is 4. The van der Waals surface area contributed by atoms with Crippen LogP contribution in [0.3, 0.4) is 0 Å². The number of aromatic nitrogens is 1. The van der Waals surface area contributed by atoms with Crippen molar-refractivity contribution in [1.29, 1.82) is 0 Å². The molecular weight excluding hydrogens is 284 g/mol. The van der Waals surface area contributed by atoms with E-state index in [9.17, 15) is 10.1 Å². The minimum atomic E-state index is -0.344. The fraction of sp³-hybridized carbons (Fsp3) is 0.0625. The number of para-hydroxylation sites is 2. The maximum atomic E-state index is 11.0. The molecule has 104 valence electrons. The second-order valence-corrected chi connectivity index (χ2v) is 5.51. The fourth-order valence-electron chi connectivity index (χ4n) is 2.09. The Bertz CT molecular complexity index is 805. The molecule has 2 aromatic carbocycles. The third kappa shape index (κ3) is 3.03. The molecule has 4 nitrogen and oxygen atoms in total. The number of pyridine rings is 1. The molecule has 0 N–H and O–H groups in total. The van der Waals surface area contributed by atoms with Gasteiger partial charge in [-0.15, -0.1) is 11.8 Å². The summed E-state index contributed by atoms with van der Waals surface area (Å²) >= 11 is 1.50. The summed E-state index contributed by atoms with van der Waals surface area (Å²) in [5.74, 6) is 0.530. The Kier molecular flexibility index (Phi) is 3.83. The predicted octanol–water partition coefficient (Wildman–Crippen LogP) is 4.44. The molecule has 0 aliphatic heterocycles. The molecule has 3 rings (SSSR count). The maximum Gasteiger partial charge on any atom is 0.273 e. The molecule has 0 bridgehead atoms. The molecule has 0 radical (unpaired) electrons. The molecule has 1 aromatic heterocycles. The summed E-state index contributed by atoms with van der Waals surface area (Å²) in [6.07, 6.45) is 0. The zero-order valence-corrected chi connectivity index (χ0v) is 11.9. The lowest BCUT2D eigenvalue weighted by atomic mass is 10.2. The monoisotopic (exact) mass is 296 g/mol. The minimum Gasteiger partial charge on any atom is -0.258 e. The Morgan fingerprint density at radius 3 is 2.62 bits per heavy atom. The van der Waals surface area contributed by atoms with Crippen LogP contribution in [0, 0.1) is 10.1 Å². The summed E-state index contributed by atoms with van der Waals surface area (Å²) in [7, 11) is 0. The first kappa shape index (κ1) is 13.6. The second-order valence-electron chi connectivity index (χ2n) is 4.52. The van der Waals surface area contributed by atoms with Crippen LogP contribution in [0.25, 0.3) is 10.9 Å². The van der Waals surface area contributed by atoms with Crippen LogP contribution in [0.5, 0.6) is 0 Å². The number of nitrogens with zero attached hydrogens (tertiary/aromatic N) is 2. The van der Waals surface area contributed by atoms with Gasteiger partial charge in [0.05, 0.1) is 15.5 Å². The Balaban J connectivity index is 1.82. The highest BCUT2D eigenvalue weighted by Crippen LogP contribution is 2.27. The quantitative estimate of drug-likeness (QED) is 0.406. The summed E-state index contributed by atoms with van der Waals surface area (Å²) in [6.45, 7) is 0. The van der Waals surface area contributed by atoms with Crippen LogP contribution in [-0.2, 0) is 5.75 Å². The van der Waals surface area contributed by atoms with Crippen molar-refractivity contribution in [3.63, 3.8) is 0 Å². The van der Waals surface area contributed by atoms with Crippen molar-refractivity contribution in [2.24, 2.45) is 0 Å². The smallest absolute Gasteiger partial charge is 0.258 e. The summed E-state index contributed by atoms with van der Waals surface area (Å²) in [5, 5.41) is 12.9. The molecule has 0 saturated heterocycles. The van der Waals surface area contributed by atoms with Gasteiger partial charge in [0.15, 0.2) is 0 Å². The van der Waals surface area contributed by atoms with Crippen molar-refractivity contribution in [2.75, 3.05) is 0 Å². The Morgan fingerprint density at radius 2 is 1.76 bits per heavy atom. The molecule has 0 unspecified atom stereocenters. The minimum absolute atomic E-state index is 0.158. The van der Waals surface area contributed by atoms with Gasteiger partial charge in [-0.2, -0.15) is 0 Å². The van der Waals surface area contributed by atoms with Crippen molar-refractivity contribution in [3.05, 3.63) is 76.3 Å². The van der Waals surface area contributed by atoms with E-state index in [2.05, 4.69) is 4.98 Å². The van der Waals surface area contributed by atoms with Crippen LogP contribution < -0.4 is 0 Å². The molecule has 0 amide bonds. The lowest BCUT2D eigenvalue weighted by Crippen LogP contribution is -1.93. The zero-order valence-electron chi connectivity index (χ0n) is 11.1. The van der Waals surface area contributed by atoms with E-state index in [1.807, 2.05) is 42.5 Å². The maximum absolute atomic E-state index is 11.0. The highest BCUT2D eigenvalue weighted by Gasteiger charge is 2.12. The van der Waals surface area contributed by atoms with Crippen molar-refractivity contribution >= 4 is 28.4 Å². The summed E-state index contributed by atoms with van der Waals surface area (Å²) < 4.78 is 0. The topological polar surface area (TPSA) is 56.0 Å². The average molecular weight is 296 g/mol. The summed E-state index contributed by atoms with van der Waals surface area (Å²) in [5.41, 5.74) is 1.80. The van der Waals surface area contributed by atoms with E-state index >= 15 is 0 Å². The van der Waals surface area contributed by atoms with Gasteiger partial charge in [-0.3, -0.25) is 10.1 Å². The third-order valence-corrected chi connectivity index (χ3v) is 4.12. The lowest BCUT2D eigenvalue weighted by molar-refractivity contribution is -0.385. The molecule has 5 heteroatoms. The molecule has 3 aromatic rings. The number of nitro benzene ring substituents is 1. The SMILES string of the molecule is O=[N+]([O-])c1ccccc1CSc1ccc2ccccc2n1. The van der Waals surface area contributed by atoms with E-state index in [0.29, 0.717) is 11.3 Å². The van der Waals surface area contributed by atoms with Gasteiger partial charge in [-0.05, 0) is 12.1 Å². The Hall–Kier alpha value is -2.40. The molecule has 1 heterocycles. The van der Waals surface area contributed by atoms with E-state index in [0.717, 1.165) is 15.9 Å². The number of fused-ring (bicyclic) bond motifs is 1. The molecule has 0 aliphatic rings. The number of rotatable bonds is 4. The van der Waals surface area contributed by atoms with Gasteiger partial charge in [-0.25, -0.2) is 4.98 Å². The number of benzene rings is 2. The van der Waals surface area contributed by atoms with Crippen molar-refractivity contribution in [1.82, 2.24) is 4.98 Å². The number of hydrogen-bond donors (Lipinski definition) is 0. The Labute approximate surface area is 126 Å². The lowest BCUT2D eigenvalue weighted by Gasteiger charge is -2.04. The molecule has 21 heavy (non-hydrogen) atoms. The highest BCUT2D eigenvalue weighted by atomic mass is 32.2. The molecule has 0 fully saturated rings. The predicted molar refractivity (Wildman–Crippen MR) is 84.4 cm³/mol. The van der Waals surface area contributed by atoms with Crippen molar-refractivity contribution < 1.29 is 4.92 Å². The van der Waals surface area contributed by atoms with Gasteiger partial charge in [0.25, 0.3) is 5.69 Å². The second kappa shape index (κ2) is 5.93. The average Bonchev–Trinajstić information content (AvgIpc) is 2.53. The first-order valence-electron chi connectivity index (χ1n) is 6.45. The van der Waals surface area contributed by atoms with Gasteiger partial charge in [0.1, 0.15) is 0 Å². The van der Waals surface area contributed by atoms with Gasteiger partial charge in [0, 0.05) is 22.8 Å². The number of thioether (sulfide) groups is 1. The fourth-order valence-corrected chi connectivity index (χ4v) is 2.97. The third-order valence-electron chi connectivity index (χ3n) is 3.14. The van der Waals surface area contributed by atoms with Crippen LogP contribution in [0.15, 0.2) is 65.7 Å². The number of nitro groups is 1. The zero-order chi connectivity index (χ0) is 14.7. The van der Waals surface area contributed by atoms with E-state index in [4.69, 9.17) is 0 Å².